The fourth-order valence-corrected chi connectivity index (χ4v) is 3.80. The molecule has 0 aromatic carbocycles. The second-order valence-corrected chi connectivity index (χ2v) is 7.04. The zero-order valence-electron chi connectivity index (χ0n) is 12.2. The molecule has 1 aromatic heterocycles. The second kappa shape index (κ2) is 6.09. The normalized spacial score (nSPS) is 23.6. The van der Waals surface area contributed by atoms with Crippen LogP contribution in [0.15, 0.2) is 0 Å². The Morgan fingerprint density at radius 3 is 2.71 bits per heavy atom. The maximum Gasteiger partial charge on any atom is 0.231 e. The van der Waals surface area contributed by atoms with Crippen LogP contribution in [0, 0.1) is 12.8 Å². The fraction of sp³-hybridized carbons (Fsp3) is 0.714. The predicted octanol–water partition coefficient (Wildman–Crippen LogP) is 1.97. The summed E-state index contributed by atoms with van der Waals surface area (Å²) in [5.41, 5.74) is 0. The molecule has 2 heterocycles. The highest BCUT2D eigenvalue weighted by Crippen LogP contribution is 2.29. The number of rotatable bonds is 3. The van der Waals surface area contributed by atoms with Crippen molar-refractivity contribution in [2.75, 3.05) is 11.9 Å². The first kappa shape index (κ1) is 14.4. The van der Waals surface area contributed by atoms with Crippen LogP contribution in [0.2, 0.25) is 0 Å². The van der Waals surface area contributed by atoms with Crippen molar-refractivity contribution in [3.8, 4) is 0 Å². The first-order valence-corrected chi connectivity index (χ1v) is 8.35. The molecule has 3 rings (SSSR count). The van der Waals surface area contributed by atoms with Crippen LogP contribution in [0.4, 0.5) is 5.13 Å². The Balaban J connectivity index is 1.59. The number of nitrogens with zero attached hydrogens (tertiary/aromatic N) is 3. The Morgan fingerprint density at radius 2 is 2.05 bits per heavy atom. The van der Waals surface area contributed by atoms with Crippen LogP contribution >= 0.6 is 11.3 Å². The molecule has 1 aromatic rings. The first-order valence-electron chi connectivity index (χ1n) is 7.54. The lowest BCUT2D eigenvalue weighted by atomic mass is 9.94. The molecule has 7 heteroatoms. The van der Waals surface area contributed by atoms with Crippen LogP contribution < -0.4 is 5.32 Å². The van der Waals surface area contributed by atoms with Gasteiger partial charge in [-0.25, -0.2) is 0 Å². The molecular weight excluding hydrogens is 288 g/mol. The van der Waals surface area contributed by atoms with Gasteiger partial charge in [0.15, 0.2) is 0 Å². The minimum Gasteiger partial charge on any atom is -0.339 e. The summed E-state index contributed by atoms with van der Waals surface area (Å²) in [6.07, 6.45) is 6.12. The molecule has 2 aliphatic rings. The molecule has 1 aliphatic heterocycles. The summed E-state index contributed by atoms with van der Waals surface area (Å²) in [6, 6.07) is 0.341. The van der Waals surface area contributed by atoms with Crippen LogP contribution in [-0.2, 0) is 9.59 Å². The Bertz CT molecular complexity index is 539. The van der Waals surface area contributed by atoms with E-state index >= 15 is 0 Å². The Hall–Kier alpha value is -1.50. The number of carbonyl (C=O) groups excluding carboxylic acids is 2. The maximum atomic E-state index is 12.2. The summed E-state index contributed by atoms with van der Waals surface area (Å²) in [7, 11) is 0. The van der Waals surface area contributed by atoms with Crippen LogP contribution in [0.1, 0.15) is 43.5 Å². The number of hydrogen-bond donors (Lipinski definition) is 1. The molecule has 0 spiro atoms. The predicted molar refractivity (Wildman–Crippen MR) is 80.0 cm³/mol. The molecular formula is C14H20N4O2S. The Labute approximate surface area is 127 Å². The number of amides is 2. The van der Waals surface area contributed by atoms with Crippen molar-refractivity contribution in [3.63, 3.8) is 0 Å². The van der Waals surface area contributed by atoms with Crippen LogP contribution in [-0.4, -0.2) is 39.5 Å². The van der Waals surface area contributed by atoms with Gasteiger partial charge in [-0.05, 0) is 19.8 Å². The molecule has 114 valence electrons. The molecule has 21 heavy (non-hydrogen) atoms. The third-order valence-electron chi connectivity index (χ3n) is 4.30. The summed E-state index contributed by atoms with van der Waals surface area (Å²) < 4.78 is 0. The molecule has 6 nitrogen and oxygen atoms in total. The maximum absolute atomic E-state index is 12.2. The molecule has 0 bridgehead atoms. The molecule has 0 radical (unpaired) electrons. The first-order chi connectivity index (χ1) is 10.1. The number of hydrogen-bond acceptors (Lipinski definition) is 5. The average Bonchev–Trinajstić information content (AvgIpc) is 3.06. The molecule has 2 amide bonds. The monoisotopic (exact) mass is 308 g/mol. The zero-order valence-corrected chi connectivity index (χ0v) is 13.0. The van der Waals surface area contributed by atoms with Crippen LogP contribution in [0.3, 0.4) is 0 Å². The summed E-state index contributed by atoms with van der Waals surface area (Å²) in [5, 5.41) is 11.9. The van der Waals surface area contributed by atoms with Crippen molar-refractivity contribution in [1.29, 1.82) is 0 Å². The molecule has 1 unspecified atom stereocenters. The van der Waals surface area contributed by atoms with Gasteiger partial charge in [0.1, 0.15) is 5.01 Å². The summed E-state index contributed by atoms with van der Waals surface area (Å²) in [6.45, 7) is 2.39. The SMILES string of the molecule is Cc1nnc(NC(=O)C2CC(=O)N(C3CCCCC3)C2)s1. The average molecular weight is 308 g/mol. The van der Waals surface area contributed by atoms with Crippen LogP contribution in [0.25, 0.3) is 0 Å². The zero-order chi connectivity index (χ0) is 14.8. The number of likely N-dealkylation sites (tertiary alicyclic amines) is 1. The quantitative estimate of drug-likeness (QED) is 0.926. The van der Waals surface area contributed by atoms with Gasteiger partial charge >= 0.3 is 0 Å². The van der Waals surface area contributed by atoms with E-state index in [1.807, 2.05) is 11.8 Å². The number of anilines is 1. The highest BCUT2D eigenvalue weighted by molar-refractivity contribution is 7.15. The van der Waals surface area contributed by atoms with Crippen molar-refractivity contribution >= 4 is 28.3 Å². The highest BCUT2D eigenvalue weighted by atomic mass is 32.1. The van der Waals surface area contributed by atoms with Gasteiger partial charge in [0, 0.05) is 19.0 Å². The lowest BCUT2D eigenvalue weighted by Gasteiger charge is -2.31. The van der Waals surface area contributed by atoms with E-state index in [-0.39, 0.29) is 17.7 Å². The van der Waals surface area contributed by atoms with E-state index < -0.39 is 0 Å². The van der Waals surface area contributed by atoms with E-state index in [4.69, 9.17) is 0 Å². The number of nitrogens with one attached hydrogen (secondary N) is 1. The molecule has 1 saturated carbocycles. The summed E-state index contributed by atoms with van der Waals surface area (Å²) in [4.78, 5) is 26.3. The van der Waals surface area contributed by atoms with Gasteiger partial charge in [0.2, 0.25) is 16.9 Å². The van der Waals surface area contributed by atoms with E-state index in [0.717, 1.165) is 17.8 Å². The highest BCUT2D eigenvalue weighted by Gasteiger charge is 2.38. The van der Waals surface area contributed by atoms with Crippen LogP contribution in [0.5, 0.6) is 0 Å². The molecule has 1 aliphatic carbocycles. The van der Waals surface area contributed by atoms with Gasteiger partial charge in [-0.3, -0.25) is 9.59 Å². The Morgan fingerprint density at radius 1 is 1.29 bits per heavy atom. The molecule has 1 atom stereocenters. The summed E-state index contributed by atoms with van der Waals surface area (Å²) in [5.74, 6) is -0.253. The second-order valence-electron chi connectivity index (χ2n) is 5.85. The van der Waals surface area contributed by atoms with Gasteiger partial charge < -0.3 is 10.2 Å². The van der Waals surface area contributed by atoms with Crippen molar-refractivity contribution in [2.45, 2.75) is 51.5 Å². The lowest BCUT2D eigenvalue weighted by Crippen LogP contribution is -2.38. The number of aryl methyl sites for hydroxylation is 1. The standard InChI is InChI=1S/C14H20N4O2S/c1-9-16-17-14(21-9)15-13(20)10-7-12(19)18(8-10)11-5-3-2-4-6-11/h10-11H,2-8H2,1H3,(H,15,17,20). The molecule has 2 fully saturated rings. The smallest absolute Gasteiger partial charge is 0.231 e. The van der Waals surface area contributed by atoms with Gasteiger partial charge in [-0.1, -0.05) is 30.6 Å². The van der Waals surface area contributed by atoms with E-state index in [0.29, 0.717) is 24.1 Å². The summed E-state index contributed by atoms with van der Waals surface area (Å²) >= 11 is 1.35. The number of carbonyl (C=O) groups is 2. The van der Waals surface area contributed by atoms with E-state index in [9.17, 15) is 9.59 Å². The van der Waals surface area contributed by atoms with Crippen molar-refractivity contribution in [3.05, 3.63) is 5.01 Å². The van der Waals surface area contributed by atoms with E-state index in [1.165, 1.54) is 30.6 Å². The van der Waals surface area contributed by atoms with Crippen molar-refractivity contribution in [1.82, 2.24) is 15.1 Å². The minimum atomic E-state index is -0.261. The van der Waals surface area contributed by atoms with Crippen molar-refractivity contribution in [2.24, 2.45) is 5.92 Å². The molecule has 1 N–H and O–H groups in total. The Kier molecular flexibility index (Phi) is 4.19. The minimum absolute atomic E-state index is 0.113. The van der Waals surface area contributed by atoms with Gasteiger partial charge in [-0.2, -0.15) is 0 Å². The van der Waals surface area contributed by atoms with Gasteiger partial charge in [0.05, 0.1) is 5.92 Å². The number of aromatic nitrogens is 2. The third-order valence-corrected chi connectivity index (χ3v) is 5.05. The van der Waals surface area contributed by atoms with E-state index in [2.05, 4.69) is 15.5 Å². The van der Waals surface area contributed by atoms with Crippen molar-refractivity contribution < 1.29 is 9.59 Å². The van der Waals surface area contributed by atoms with E-state index in [1.54, 1.807) is 0 Å². The fourth-order valence-electron chi connectivity index (χ4n) is 3.21. The van der Waals surface area contributed by atoms with Gasteiger partial charge in [-0.15, -0.1) is 10.2 Å². The largest absolute Gasteiger partial charge is 0.339 e. The third kappa shape index (κ3) is 3.23. The lowest BCUT2D eigenvalue weighted by molar-refractivity contribution is -0.130. The topological polar surface area (TPSA) is 75.2 Å². The van der Waals surface area contributed by atoms with Gasteiger partial charge in [0.25, 0.3) is 0 Å². The molecule has 1 saturated heterocycles.